The highest BCUT2D eigenvalue weighted by Crippen LogP contribution is 2.19. The first-order valence-corrected chi connectivity index (χ1v) is 5.33. The molecular formula is C11H20ClNO2. The van der Waals surface area contributed by atoms with Crippen molar-refractivity contribution in [3.8, 4) is 0 Å². The van der Waals surface area contributed by atoms with Crippen molar-refractivity contribution in [3.63, 3.8) is 0 Å². The van der Waals surface area contributed by atoms with Crippen LogP contribution in [0, 0.1) is 5.92 Å². The molecule has 1 aliphatic carbocycles. The predicted molar refractivity (Wildman–Crippen MR) is 63.0 cm³/mol. The minimum atomic E-state index is -0.129. The van der Waals surface area contributed by atoms with Crippen molar-refractivity contribution in [1.29, 1.82) is 0 Å². The van der Waals surface area contributed by atoms with Crippen LogP contribution < -0.4 is 5.73 Å². The summed E-state index contributed by atoms with van der Waals surface area (Å²) in [5.41, 5.74) is 5.94. The maximum absolute atomic E-state index is 11.5. The topological polar surface area (TPSA) is 52.3 Å². The molecule has 3 nitrogen and oxygen atoms in total. The van der Waals surface area contributed by atoms with Gasteiger partial charge >= 0.3 is 5.97 Å². The van der Waals surface area contributed by atoms with E-state index >= 15 is 0 Å². The minimum absolute atomic E-state index is 0. The predicted octanol–water partition coefficient (Wildman–Crippen LogP) is 2.04. The van der Waals surface area contributed by atoms with Crippen LogP contribution in [0.15, 0.2) is 12.2 Å². The lowest BCUT2D eigenvalue weighted by Gasteiger charge is -2.22. The van der Waals surface area contributed by atoms with Gasteiger partial charge in [0.05, 0.1) is 12.5 Å². The number of rotatable bonds is 2. The maximum Gasteiger partial charge on any atom is 0.310 e. The molecule has 0 heterocycles. The second-order valence-corrected chi connectivity index (χ2v) is 3.65. The summed E-state index contributed by atoms with van der Waals surface area (Å²) in [6, 6.07) is -0.0426. The molecule has 15 heavy (non-hydrogen) atoms. The van der Waals surface area contributed by atoms with Crippen LogP contribution in [0.2, 0.25) is 0 Å². The van der Waals surface area contributed by atoms with Crippen LogP contribution in [-0.4, -0.2) is 18.6 Å². The fourth-order valence-corrected chi connectivity index (χ4v) is 1.76. The molecule has 1 aliphatic rings. The van der Waals surface area contributed by atoms with Gasteiger partial charge in [0.2, 0.25) is 0 Å². The Bertz CT molecular complexity index is 219. The largest absolute Gasteiger partial charge is 0.466 e. The third kappa shape index (κ3) is 4.67. The second kappa shape index (κ2) is 7.71. The van der Waals surface area contributed by atoms with Crippen LogP contribution in [0.4, 0.5) is 0 Å². The highest BCUT2D eigenvalue weighted by atomic mass is 35.5. The van der Waals surface area contributed by atoms with Gasteiger partial charge in [-0.25, -0.2) is 0 Å². The Kier molecular flexibility index (Phi) is 7.44. The van der Waals surface area contributed by atoms with E-state index in [0.29, 0.717) is 6.61 Å². The number of nitrogens with two attached hydrogens (primary N) is 1. The normalized spacial score (nSPS) is 26.0. The Labute approximate surface area is 97.5 Å². The number of esters is 1. The van der Waals surface area contributed by atoms with Gasteiger partial charge in [-0.05, 0) is 32.6 Å². The smallest absolute Gasteiger partial charge is 0.310 e. The standard InChI is InChI=1S/C11H19NO2.ClH/c1-2-14-11(13)9-7-5-3-4-6-8-10(9)12;/h3-4,9-10H,2,5-8,12H2,1H3;1H. The summed E-state index contributed by atoms with van der Waals surface area (Å²) in [4.78, 5) is 11.5. The number of allylic oxidation sites excluding steroid dienone is 2. The number of carbonyl (C=O) groups is 1. The molecule has 0 aromatic heterocycles. The van der Waals surface area contributed by atoms with E-state index in [4.69, 9.17) is 10.5 Å². The summed E-state index contributed by atoms with van der Waals surface area (Å²) in [6.45, 7) is 2.27. The van der Waals surface area contributed by atoms with Gasteiger partial charge in [-0.3, -0.25) is 4.79 Å². The van der Waals surface area contributed by atoms with E-state index < -0.39 is 0 Å². The highest BCUT2D eigenvalue weighted by Gasteiger charge is 2.26. The monoisotopic (exact) mass is 233 g/mol. The van der Waals surface area contributed by atoms with Crippen molar-refractivity contribution >= 4 is 18.4 Å². The van der Waals surface area contributed by atoms with Gasteiger partial charge in [0, 0.05) is 6.04 Å². The van der Waals surface area contributed by atoms with Crippen LogP contribution in [0.25, 0.3) is 0 Å². The second-order valence-electron chi connectivity index (χ2n) is 3.65. The molecule has 0 aromatic carbocycles. The quantitative estimate of drug-likeness (QED) is 0.587. The van der Waals surface area contributed by atoms with E-state index in [0.717, 1.165) is 25.7 Å². The zero-order chi connectivity index (χ0) is 10.4. The van der Waals surface area contributed by atoms with E-state index in [-0.39, 0.29) is 30.3 Å². The lowest BCUT2D eigenvalue weighted by atomic mass is 9.90. The number of hydrogen-bond donors (Lipinski definition) is 1. The van der Waals surface area contributed by atoms with E-state index in [1.165, 1.54) is 0 Å². The molecular weight excluding hydrogens is 214 g/mol. The Morgan fingerprint density at radius 2 is 2.00 bits per heavy atom. The van der Waals surface area contributed by atoms with E-state index in [1.54, 1.807) is 0 Å². The molecule has 0 bridgehead atoms. The van der Waals surface area contributed by atoms with E-state index in [2.05, 4.69) is 12.2 Å². The molecule has 0 spiro atoms. The molecule has 1 rings (SSSR count). The molecule has 2 unspecified atom stereocenters. The van der Waals surface area contributed by atoms with Gasteiger partial charge < -0.3 is 10.5 Å². The zero-order valence-corrected chi connectivity index (χ0v) is 9.96. The van der Waals surface area contributed by atoms with Crippen LogP contribution >= 0.6 is 12.4 Å². The molecule has 2 atom stereocenters. The number of carbonyl (C=O) groups excluding carboxylic acids is 1. The zero-order valence-electron chi connectivity index (χ0n) is 9.15. The lowest BCUT2D eigenvalue weighted by Crippen LogP contribution is -2.37. The molecule has 0 radical (unpaired) electrons. The molecule has 0 saturated carbocycles. The Morgan fingerprint density at radius 1 is 1.40 bits per heavy atom. The molecule has 0 aromatic rings. The molecule has 2 N–H and O–H groups in total. The first-order chi connectivity index (χ1) is 6.75. The minimum Gasteiger partial charge on any atom is -0.466 e. The van der Waals surface area contributed by atoms with E-state index in [9.17, 15) is 4.79 Å². The Balaban J connectivity index is 0.00000196. The fraction of sp³-hybridized carbons (Fsp3) is 0.727. The highest BCUT2D eigenvalue weighted by molar-refractivity contribution is 5.85. The van der Waals surface area contributed by atoms with Crippen molar-refractivity contribution in [3.05, 3.63) is 12.2 Å². The molecule has 0 fully saturated rings. The molecule has 0 saturated heterocycles. The van der Waals surface area contributed by atoms with Crippen LogP contribution in [0.3, 0.4) is 0 Å². The van der Waals surface area contributed by atoms with Gasteiger partial charge in [-0.15, -0.1) is 12.4 Å². The third-order valence-corrected chi connectivity index (χ3v) is 2.58. The summed E-state index contributed by atoms with van der Waals surface area (Å²) in [6.07, 6.45) is 7.85. The Morgan fingerprint density at radius 3 is 2.60 bits per heavy atom. The maximum atomic E-state index is 11.5. The van der Waals surface area contributed by atoms with Crippen molar-refractivity contribution in [2.24, 2.45) is 11.7 Å². The molecule has 4 heteroatoms. The van der Waals surface area contributed by atoms with Crippen LogP contribution in [0.1, 0.15) is 32.6 Å². The number of hydrogen-bond acceptors (Lipinski definition) is 3. The van der Waals surface area contributed by atoms with Gasteiger partial charge in [-0.1, -0.05) is 12.2 Å². The summed E-state index contributed by atoms with van der Waals surface area (Å²) in [5, 5.41) is 0. The van der Waals surface area contributed by atoms with Gasteiger partial charge in [-0.2, -0.15) is 0 Å². The average Bonchev–Trinajstić information content (AvgIpc) is 2.12. The Hall–Kier alpha value is -0.540. The van der Waals surface area contributed by atoms with Crippen LogP contribution in [0.5, 0.6) is 0 Å². The summed E-state index contributed by atoms with van der Waals surface area (Å²) in [5.74, 6) is -0.241. The van der Waals surface area contributed by atoms with E-state index in [1.807, 2.05) is 6.92 Å². The number of ether oxygens (including phenoxy) is 1. The van der Waals surface area contributed by atoms with Crippen LogP contribution in [-0.2, 0) is 9.53 Å². The summed E-state index contributed by atoms with van der Waals surface area (Å²) < 4.78 is 5.01. The molecule has 0 amide bonds. The summed E-state index contributed by atoms with van der Waals surface area (Å²) in [7, 11) is 0. The molecule has 88 valence electrons. The third-order valence-electron chi connectivity index (χ3n) is 2.58. The first-order valence-electron chi connectivity index (χ1n) is 5.33. The van der Waals surface area contributed by atoms with Crippen molar-refractivity contribution in [1.82, 2.24) is 0 Å². The first kappa shape index (κ1) is 14.5. The van der Waals surface area contributed by atoms with Crippen molar-refractivity contribution in [2.75, 3.05) is 6.61 Å². The number of halogens is 1. The van der Waals surface area contributed by atoms with Gasteiger partial charge in [0.1, 0.15) is 0 Å². The SMILES string of the molecule is CCOC(=O)C1CCC=CCCC1N.Cl. The fourth-order valence-electron chi connectivity index (χ4n) is 1.76. The average molecular weight is 234 g/mol. The van der Waals surface area contributed by atoms with Crippen molar-refractivity contribution < 1.29 is 9.53 Å². The lowest BCUT2D eigenvalue weighted by molar-refractivity contribution is -0.149. The molecule has 0 aliphatic heterocycles. The van der Waals surface area contributed by atoms with Crippen molar-refractivity contribution in [2.45, 2.75) is 38.6 Å². The van der Waals surface area contributed by atoms with Gasteiger partial charge in [0.15, 0.2) is 0 Å². The summed E-state index contributed by atoms with van der Waals surface area (Å²) >= 11 is 0. The van der Waals surface area contributed by atoms with Gasteiger partial charge in [0.25, 0.3) is 0 Å².